The molecule has 1 heterocycles. The molecule has 112 valence electrons. The number of amides is 1. The third-order valence-electron chi connectivity index (χ3n) is 2.68. The summed E-state index contributed by atoms with van der Waals surface area (Å²) in [5.41, 5.74) is 1.60. The normalized spacial score (nSPS) is 10.3. The number of halogens is 2. The fourth-order valence-corrected chi connectivity index (χ4v) is 3.88. The maximum atomic E-state index is 11.1. The minimum absolute atomic E-state index is 0.123. The van der Waals surface area contributed by atoms with Gasteiger partial charge in [-0.25, -0.2) is 0 Å². The third-order valence-corrected chi connectivity index (χ3v) is 5.93. The fourth-order valence-electron chi connectivity index (χ4n) is 1.76. The molecule has 0 aliphatic rings. The van der Waals surface area contributed by atoms with E-state index in [0.717, 1.165) is 20.5 Å². The maximum absolute atomic E-state index is 11.1. The van der Waals surface area contributed by atoms with E-state index < -0.39 is 0 Å². The van der Waals surface area contributed by atoms with Crippen LogP contribution in [0.4, 0.5) is 11.4 Å². The number of ether oxygens (including phenoxy) is 1. The summed E-state index contributed by atoms with van der Waals surface area (Å²) in [5.74, 6) is 0.506. The first-order chi connectivity index (χ1) is 9.99. The number of rotatable bonds is 5. The second-order valence-corrected chi connectivity index (χ2v) is 7.59. The second-order valence-electron chi connectivity index (χ2n) is 4.28. The van der Waals surface area contributed by atoms with Crippen molar-refractivity contribution >= 4 is 60.5 Å². The molecular weight excluding hydrogens is 420 g/mol. The molecule has 0 bridgehead atoms. The van der Waals surface area contributed by atoms with Crippen molar-refractivity contribution in [3.05, 3.63) is 37.4 Å². The maximum Gasteiger partial charge on any atom is 0.221 e. The van der Waals surface area contributed by atoms with Gasteiger partial charge in [-0.05, 0) is 50.1 Å². The lowest BCUT2D eigenvalue weighted by molar-refractivity contribution is -0.114. The SMILES string of the molecule is COc1cc(NCc2cc(Br)c(Br)s2)ccc1NC(C)=O. The van der Waals surface area contributed by atoms with Crippen molar-refractivity contribution < 1.29 is 9.53 Å². The first-order valence-electron chi connectivity index (χ1n) is 6.13. The highest BCUT2D eigenvalue weighted by Gasteiger charge is 2.07. The molecule has 2 rings (SSSR count). The zero-order valence-electron chi connectivity index (χ0n) is 11.5. The van der Waals surface area contributed by atoms with Crippen LogP contribution >= 0.6 is 43.2 Å². The zero-order valence-corrected chi connectivity index (χ0v) is 15.5. The van der Waals surface area contributed by atoms with Crippen LogP contribution in [-0.2, 0) is 11.3 Å². The van der Waals surface area contributed by atoms with Crippen molar-refractivity contribution in [1.29, 1.82) is 0 Å². The quantitative estimate of drug-likeness (QED) is 0.708. The molecule has 4 nitrogen and oxygen atoms in total. The predicted octanol–water partition coefficient (Wildman–Crippen LogP) is 4.85. The van der Waals surface area contributed by atoms with Crippen molar-refractivity contribution in [1.82, 2.24) is 0 Å². The van der Waals surface area contributed by atoms with Gasteiger partial charge in [-0.3, -0.25) is 4.79 Å². The van der Waals surface area contributed by atoms with Crippen LogP contribution < -0.4 is 15.4 Å². The van der Waals surface area contributed by atoms with Gasteiger partial charge < -0.3 is 15.4 Å². The van der Waals surface area contributed by atoms with Crippen LogP contribution in [0.2, 0.25) is 0 Å². The standard InChI is InChI=1S/C14H14Br2N2O2S/c1-8(19)18-12-4-3-9(5-13(12)20-2)17-7-10-6-11(15)14(16)21-10/h3-6,17H,7H2,1-2H3,(H,18,19). The molecule has 0 aliphatic carbocycles. The van der Waals surface area contributed by atoms with Gasteiger partial charge in [0.1, 0.15) is 5.75 Å². The topological polar surface area (TPSA) is 50.4 Å². The smallest absolute Gasteiger partial charge is 0.221 e. The van der Waals surface area contributed by atoms with Crippen molar-refractivity contribution in [2.45, 2.75) is 13.5 Å². The molecule has 0 fully saturated rings. The molecule has 2 aromatic rings. The zero-order chi connectivity index (χ0) is 15.4. The molecule has 1 amide bonds. The average Bonchev–Trinajstić information content (AvgIpc) is 2.76. The molecule has 0 saturated heterocycles. The molecule has 0 unspecified atom stereocenters. The van der Waals surface area contributed by atoms with E-state index in [1.165, 1.54) is 11.8 Å². The van der Waals surface area contributed by atoms with E-state index in [2.05, 4.69) is 48.6 Å². The van der Waals surface area contributed by atoms with Gasteiger partial charge in [0.15, 0.2) is 0 Å². The van der Waals surface area contributed by atoms with E-state index in [9.17, 15) is 4.79 Å². The Labute approximate surface area is 144 Å². The van der Waals surface area contributed by atoms with E-state index in [-0.39, 0.29) is 5.91 Å². The van der Waals surface area contributed by atoms with Gasteiger partial charge in [-0.1, -0.05) is 0 Å². The summed E-state index contributed by atoms with van der Waals surface area (Å²) in [6.45, 7) is 2.19. The largest absolute Gasteiger partial charge is 0.494 e. The Hall–Kier alpha value is -1.05. The van der Waals surface area contributed by atoms with Gasteiger partial charge in [0, 0.05) is 34.6 Å². The van der Waals surface area contributed by atoms with Gasteiger partial charge in [0.05, 0.1) is 16.6 Å². The summed E-state index contributed by atoms with van der Waals surface area (Å²) in [7, 11) is 1.58. The summed E-state index contributed by atoms with van der Waals surface area (Å²) in [4.78, 5) is 12.3. The van der Waals surface area contributed by atoms with Crippen molar-refractivity contribution in [2.75, 3.05) is 17.7 Å². The van der Waals surface area contributed by atoms with Crippen LogP contribution in [-0.4, -0.2) is 13.0 Å². The summed E-state index contributed by atoms with van der Waals surface area (Å²) in [6, 6.07) is 7.67. The van der Waals surface area contributed by atoms with Gasteiger partial charge in [-0.15, -0.1) is 11.3 Å². The Morgan fingerprint density at radius 1 is 1.33 bits per heavy atom. The Kier molecular flexibility index (Phi) is 5.66. The van der Waals surface area contributed by atoms with Gasteiger partial charge in [-0.2, -0.15) is 0 Å². The fraction of sp³-hybridized carbons (Fsp3) is 0.214. The van der Waals surface area contributed by atoms with Crippen molar-refractivity contribution in [2.24, 2.45) is 0 Å². The van der Waals surface area contributed by atoms with E-state index >= 15 is 0 Å². The van der Waals surface area contributed by atoms with Crippen LogP contribution in [0.25, 0.3) is 0 Å². The minimum atomic E-state index is -0.123. The number of carbonyl (C=O) groups excluding carboxylic acids is 1. The van der Waals surface area contributed by atoms with E-state index in [1.807, 2.05) is 18.2 Å². The molecular formula is C14H14Br2N2O2S. The first kappa shape index (κ1) is 16.3. The van der Waals surface area contributed by atoms with E-state index in [0.29, 0.717) is 11.4 Å². The molecule has 0 spiro atoms. The molecule has 1 aromatic carbocycles. The molecule has 21 heavy (non-hydrogen) atoms. The summed E-state index contributed by atoms with van der Waals surface area (Å²) in [5, 5.41) is 6.07. The molecule has 0 atom stereocenters. The Morgan fingerprint density at radius 2 is 2.10 bits per heavy atom. The molecule has 2 N–H and O–H groups in total. The monoisotopic (exact) mass is 432 g/mol. The minimum Gasteiger partial charge on any atom is -0.494 e. The van der Waals surface area contributed by atoms with E-state index in [4.69, 9.17) is 4.74 Å². The number of carbonyl (C=O) groups is 1. The molecule has 0 saturated carbocycles. The van der Waals surface area contributed by atoms with Crippen molar-refractivity contribution in [3.8, 4) is 5.75 Å². The Morgan fingerprint density at radius 3 is 2.67 bits per heavy atom. The van der Waals surface area contributed by atoms with E-state index in [1.54, 1.807) is 18.4 Å². The summed E-state index contributed by atoms with van der Waals surface area (Å²) < 4.78 is 7.43. The second kappa shape index (κ2) is 7.29. The molecule has 0 aliphatic heterocycles. The molecule has 1 aromatic heterocycles. The third kappa shape index (κ3) is 4.46. The lowest BCUT2D eigenvalue weighted by Crippen LogP contribution is -2.07. The number of hydrogen-bond acceptors (Lipinski definition) is 4. The van der Waals surface area contributed by atoms with Crippen LogP contribution in [0.15, 0.2) is 32.5 Å². The lowest BCUT2D eigenvalue weighted by Gasteiger charge is -2.12. The molecule has 7 heteroatoms. The van der Waals surface area contributed by atoms with Crippen LogP contribution in [0, 0.1) is 0 Å². The van der Waals surface area contributed by atoms with Gasteiger partial charge in [0.2, 0.25) is 5.91 Å². The Balaban J connectivity index is 2.08. The predicted molar refractivity (Wildman–Crippen MR) is 94.3 cm³/mol. The van der Waals surface area contributed by atoms with Crippen molar-refractivity contribution in [3.63, 3.8) is 0 Å². The molecule has 0 radical (unpaired) electrons. The highest BCUT2D eigenvalue weighted by molar-refractivity contribution is 9.13. The van der Waals surface area contributed by atoms with Gasteiger partial charge >= 0.3 is 0 Å². The number of anilines is 2. The number of thiophene rings is 1. The highest BCUT2D eigenvalue weighted by atomic mass is 79.9. The number of nitrogens with one attached hydrogen (secondary N) is 2. The van der Waals surface area contributed by atoms with Crippen LogP contribution in [0.5, 0.6) is 5.75 Å². The lowest BCUT2D eigenvalue weighted by atomic mass is 10.2. The average molecular weight is 434 g/mol. The highest BCUT2D eigenvalue weighted by Crippen LogP contribution is 2.33. The van der Waals surface area contributed by atoms with Crippen LogP contribution in [0.3, 0.4) is 0 Å². The summed E-state index contributed by atoms with van der Waals surface area (Å²) in [6.07, 6.45) is 0. The first-order valence-corrected chi connectivity index (χ1v) is 8.53. The summed E-state index contributed by atoms with van der Waals surface area (Å²) >= 11 is 8.63. The van der Waals surface area contributed by atoms with Crippen LogP contribution in [0.1, 0.15) is 11.8 Å². The Bertz CT molecular complexity index is 639. The number of hydrogen-bond donors (Lipinski definition) is 2. The number of benzene rings is 1. The van der Waals surface area contributed by atoms with Gasteiger partial charge in [0.25, 0.3) is 0 Å². The number of methoxy groups -OCH3 is 1.